The molecule has 0 saturated carbocycles. The fourth-order valence-electron chi connectivity index (χ4n) is 0.981. The van der Waals surface area contributed by atoms with Crippen molar-refractivity contribution in [2.75, 3.05) is 18.1 Å². The lowest BCUT2D eigenvalue weighted by Gasteiger charge is -2.20. The number of nitrogens with two attached hydrogens (primary N) is 1. The van der Waals surface area contributed by atoms with Crippen molar-refractivity contribution in [1.29, 1.82) is 0 Å². The Labute approximate surface area is 139 Å². The molecule has 0 saturated heterocycles. The van der Waals surface area contributed by atoms with Gasteiger partial charge in [-0.1, -0.05) is 20.8 Å². The summed E-state index contributed by atoms with van der Waals surface area (Å²) in [5, 5.41) is 0. The van der Waals surface area contributed by atoms with Crippen LogP contribution in [0.3, 0.4) is 0 Å². The molecule has 0 aromatic rings. The quantitative estimate of drug-likeness (QED) is 0.415. The van der Waals surface area contributed by atoms with E-state index >= 15 is 0 Å². The third kappa shape index (κ3) is 10.1. The van der Waals surface area contributed by atoms with Gasteiger partial charge >= 0.3 is 11.9 Å². The Morgan fingerprint density at radius 1 is 0.955 bits per heavy atom. The van der Waals surface area contributed by atoms with Gasteiger partial charge in [-0.25, -0.2) is 4.79 Å². The zero-order valence-electron chi connectivity index (χ0n) is 15.2. The maximum Gasteiger partial charge on any atom is 0.329 e. The van der Waals surface area contributed by atoms with E-state index in [2.05, 4.69) is 17.7 Å². The monoisotopic (exact) mass is 335 g/mol. The minimum absolute atomic E-state index is 0.0771. The van der Waals surface area contributed by atoms with E-state index in [-0.39, 0.29) is 17.4 Å². The summed E-state index contributed by atoms with van der Waals surface area (Å²) in [4.78, 5) is 26.2. The van der Waals surface area contributed by atoms with Crippen LogP contribution < -0.4 is 5.90 Å². The van der Waals surface area contributed by atoms with Gasteiger partial charge in [0.2, 0.25) is 0 Å². The molecule has 2 N–H and O–H groups in total. The highest BCUT2D eigenvalue weighted by molar-refractivity contribution is 7.99. The summed E-state index contributed by atoms with van der Waals surface area (Å²) >= 11 is 1.79. The Kier molecular flexibility index (Phi) is 12.6. The van der Waals surface area contributed by atoms with Gasteiger partial charge in [-0.2, -0.15) is 17.7 Å². The first kappa shape index (κ1) is 23.5. The molecule has 0 spiro atoms. The SMILES string of the molecule is CCC(C)(C)C(=O)ON.CCSCCOC(=O)C(C)(C)CC. The molecule has 0 aromatic carbocycles. The van der Waals surface area contributed by atoms with Crippen LogP contribution in [0, 0.1) is 10.8 Å². The zero-order valence-corrected chi connectivity index (χ0v) is 16.0. The largest absolute Gasteiger partial charge is 0.464 e. The number of carbonyl (C=O) groups excluding carboxylic acids is 2. The Balaban J connectivity index is 0. The molecule has 22 heavy (non-hydrogen) atoms. The molecule has 0 radical (unpaired) electrons. The van der Waals surface area contributed by atoms with Crippen LogP contribution in [0.15, 0.2) is 0 Å². The fraction of sp³-hybridized carbons (Fsp3) is 0.875. The maximum absolute atomic E-state index is 11.4. The van der Waals surface area contributed by atoms with Crippen LogP contribution in [0.4, 0.5) is 0 Å². The molecule has 0 aromatic heterocycles. The third-order valence-electron chi connectivity index (χ3n) is 3.64. The first-order valence-corrected chi connectivity index (χ1v) is 8.90. The van der Waals surface area contributed by atoms with Gasteiger partial charge in [0.1, 0.15) is 6.61 Å². The molecule has 0 bridgehead atoms. The van der Waals surface area contributed by atoms with E-state index in [1.54, 1.807) is 25.6 Å². The summed E-state index contributed by atoms with van der Waals surface area (Å²) < 4.78 is 5.14. The summed E-state index contributed by atoms with van der Waals surface area (Å²) in [6, 6.07) is 0. The van der Waals surface area contributed by atoms with E-state index in [9.17, 15) is 9.59 Å². The first-order chi connectivity index (χ1) is 10.1. The van der Waals surface area contributed by atoms with Crippen molar-refractivity contribution in [3.8, 4) is 0 Å². The van der Waals surface area contributed by atoms with Crippen LogP contribution >= 0.6 is 11.8 Å². The molecule has 0 aliphatic rings. The van der Waals surface area contributed by atoms with Gasteiger partial charge in [0.15, 0.2) is 0 Å². The molecule has 0 fully saturated rings. The number of thioether (sulfide) groups is 1. The maximum atomic E-state index is 11.4. The lowest BCUT2D eigenvalue weighted by Crippen LogP contribution is -2.27. The van der Waals surface area contributed by atoms with Crippen molar-refractivity contribution in [3.63, 3.8) is 0 Å². The Morgan fingerprint density at radius 3 is 1.73 bits per heavy atom. The second-order valence-corrected chi connectivity index (χ2v) is 7.61. The zero-order chi connectivity index (χ0) is 17.8. The minimum Gasteiger partial charge on any atom is -0.464 e. The van der Waals surface area contributed by atoms with E-state index in [1.807, 2.05) is 27.7 Å². The van der Waals surface area contributed by atoms with Gasteiger partial charge in [0.05, 0.1) is 10.8 Å². The van der Waals surface area contributed by atoms with Crippen molar-refractivity contribution in [3.05, 3.63) is 0 Å². The summed E-state index contributed by atoms with van der Waals surface area (Å²) in [5.41, 5.74) is -0.758. The second-order valence-electron chi connectivity index (χ2n) is 6.21. The van der Waals surface area contributed by atoms with Crippen molar-refractivity contribution in [1.82, 2.24) is 0 Å². The van der Waals surface area contributed by atoms with E-state index in [0.717, 1.165) is 24.3 Å². The molecule has 0 unspecified atom stereocenters. The van der Waals surface area contributed by atoms with E-state index in [1.165, 1.54) is 0 Å². The molecule has 0 heterocycles. The van der Waals surface area contributed by atoms with Crippen molar-refractivity contribution < 1.29 is 19.2 Å². The standard InChI is InChI=1S/C10H20O2S.C6H13NO2/c1-5-10(3,4)9(11)12-7-8-13-6-2;1-4-6(2,3)5(8)9-7/h5-8H2,1-4H3;4,7H2,1-3H3. The van der Waals surface area contributed by atoms with Crippen LogP contribution in [-0.2, 0) is 19.2 Å². The topological polar surface area (TPSA) is 78.6 Å². The fourth-order valence-corrected chi connectivity index (χ4v) is 1.47. The summed E-state index contributed by atoms with van der Waals surface area (Å²) in [6.07, 6.45) is 1.57. The molecule has 132 valence electrons. The van der Waals surface area contributed by atoms with E-state index < -0.39 is 5.41 Å². The van der Waals surface area contributed by atoms with Crippen LogP contribution in [0.25, 0.3) is 0 Å². The van der Waals surface area contributed by atoms with Gasteiger partial charge in [0.25, 0.3) is 0 Å². The van der Waals surface area contributed by atoms with Crippen LogP contribution in [-0.4, -0.2) is 30.1 Å². The summed E-state index contributed by atoms with van der Waals surface area (Å²) in [6.45, 7) is 14.0. The molecular weight excluding hydrogens is 302 g/mol. The molecule has 6 heteroatoms. The third-order valence-corrected chi connectivity index (χ3v) is 4.51. The number of esters is 1. The average molecular weight is 336 g/mol. The van der Waals surface area contributed by atoms with Crippen molar-refractivity contribution in [2.24, 2.45) is 16.7 Å². The minimum atomic E-state index is -0.436. The highest BCUT2D eigenvalue weighted by Crippen LogP contribution is 2.21. The van der Waals surface area contributed by atoms with Gasteiger partial charge in [-0.05, 0) is 46.3 Å². The lowest BCUT2D eigenvalue weighted by atomic mass is 9.91. The summed E-state index contributed by atoms with van der Waals surface area (Å²) in [7, 11) is 0. The normalized spacial score (nSPS) is 11.3. The first-order valence-electron chi connectivity index (χ1n) is 7.75. The smallest absolute Gasteiger partial charge is 0.329 e. The van der Waals surface area contributed by atoms with E-state index in [0.29, 0.717) is 6.61 Å². The number of hydrogen-bond acceptors (Lipinski definition) is 6. The van der Waals surface area contributed by atoms with Crippen LogP contribution in [0.1, 0.15) is 61.3 Å². The lowest BCUT2D eigenvalue weighted by molar-refractivity contribution is -0.155. The molecule has 0 aliphatic carbocycles. The van der Waals surface area contributed by atoms with Crippen molar-refractivity contribution in [2.45, 2.75) is 61.3 Å². The molecule has 0 atom stereocenters. The predicted octanol–water partition coefficient (Wildman–Crippen LogP) is 3.56. The Morgan fingerprint density at radius 2 is 1.41 bits per heavy atom. The number of hydrogen-bond donors (Lipinski definition) is 1. The van der Waals surface area contributed by atoms with Crippen LogP contribution in [0.2, 0.25) is 0 Å². The highest BCUT2D eigenvalue weighted by atomic mass is 32.2. The number of rotatable bonds is 8. The van der Waals surface area contributed by atoms with Gasteiger partial charge in [-0.3, -0.25) is 4.79 Å². The molecular formula is C16H33NO4S. The van der Waals surface area contributed by atoms with Crippen LogP contribution in [0.5, 0.6) is 0 Å². The predicted molar refractivity (Wildman–Crippen MR) is 92.4 cm³/mol. The Bertz CT molecular complexity index is 330. The molecule has 0 aliphatic heterocycles. The van der Waals surface area contributed by atoms with Gasteiger partial charge in [0, 0.05) is 5.75 Å². The van der Waals surface area contributed by atoms with E-state index in [4.69, 9.17) is 4.74 Å². The number of ether oxygens (including phenoxy) is 1. The average Bonchev–Trinajstić information content (AvgIpc) is 2.50. The Hall–Kier alpha value is -0.750. The van der Waals surface area contributed by atoms with Gasteiger partial charge in [-0.15, -0.1) is 0 Å². The molecule has 0 rings (SSSR count). The second kappa shape index (κ2) is 11.8. The highest BCUT2D eigenvalue weighted by Gasteiger charge is 2.27. The van der Waals surface area contributed by atoms with Gasteiger partial charge < -0.3 is 9.57 Å². The number of carbonyl (C=O) groups is 2. The summed E-state index contributed by atoms with van der Waals surface area (Å²) in [5.74, 6) is 6.23. The molecule has 5 nitrogen and oxygen atoms in total. The molecule has 0 amide bonds. The van der Waals surface area contributed by atoms with Crippen molar-refractivity contribution >= 4 is 23.7 Å².